The molecule has 2 N–H and O–H groups in total. The second-order valence-electron chi connectivity index (χ2n) is 3.91. The van der Waals surface area contributed by atoms with Gasteiger partial charge in [-0.1, -0.05) is 13.3 Å². The number of aliphatic hydroxyl groups is 1. The van der Waals surface area contributed by atoms with Gasteiger partial charge in [-0.15, -0.1) is 5.10 Å². The molecule has 2 aromatic heterocycles. The van der Waals surface area contributed by atoms with E-state index in [1.165, 1.54) is 0 Å². The predicted molar refractivity (Wildman–Crippen MR) is 70.1 cm³/mol. The van der Waals surface area contributed by atoms with Gasteiger partial charge in [0.1, 0.15) is 0 Å². The predicted octanol–water partition coefficient (Wildman–Crippen LogP) is 2.06. The van der Waals surface area contributed by atoms with E-state index in [0.29, 0.717) is 12.5 Å². The Morgan fingerprint density at radius 3 is 3.12 bits per heavy atom. The Balaban J connectivity index is 2.04. The highest BCUT2D eigenvalue weighted by molar-refractivity contribution is 9.10. The van der Waals surface area contributed by atoms with E-state index in [0.717, 1.165) is 23.0 Å². The zero-order valence-corrected chi connectivity index (χ0v) is 11.2. The smallest absolute Gasteiger partial charge is 0.243 e. The van der Waals surface area contributed by atoms with Crippen LogP contribution in [0.4, 0.5) is 5.95 Å². The molecule has 0 bridgehead atoms. The van der Waals surface area contributed by atoms with Crippen molar-refractivity contribution in [3.05, 3.63) is 22.8 Å². The van der Waals surface area contributed by atoms with Crippen molar-refractivity contribution in [2.24, 2.45) is 0 Å². The lowest BCUT2D eigenvalue weighted by molar-refractivity contribution is 0.176. The number of aromatic nitrogens is 3. The van der Waals surface area contributed by atoms with Crippen molar-refractivity contribution < 1.29 is 5.11 Å². The molecule has 1 unspecified atom stereocenters. The molecule has 0 aromatic carbocycles. The molecule has 0 fully saturated rings. The third-order valence-corrected chi connectivity index (χ3v) is 2.88. The van der Waals surface area contributed by atoms with Crippen LogP contribution in [-0.2, 0) is 0 Å². The molecule has 6 heteroatoms. The molecule has 92 valence electrons. The molecule has 0 saturated carbocycles. The van der Waals surface area contributed by atoms with Crippen LogP contribution in [0, 0.1) is 0 Å². The van der Waals surface area contributed by atoms with Gasteiger partial charge >= 0.3 is 0 Å². The fourth-order valence-electron chi connectivity index (χ4n) is 1.58. The monoisotopic (exact) mass is 298 g/mol. The van der Waals surface area contributed by atoms with Crippen LogP contribution in [0.5, 0.6) is 0 Å². The van der Waals surface area contributed by atoms with Crippen LogP contribution in [0.1, 0.15) is 19.8 Å². The molecule has 0 aliphatic rings. The molecule has 2 aromatic rings. The average molecular weight is 299 g/mol. The van der Waals surface area contributed by atoms with Crippen molar-refractivity contribution in [3.63, 3.8) is 0 Å². The molecule has 2 rings (SSSR count). The summed E-state index contributed by atoms with van der Waals surface area (Å²) in [5.41, 5.74) is 0.778. The highest BCUT2D eigenvalue weighted by Crippen LogP contribution is 2.12. The molecule has 1 atom stereocenters. The fraction of sp³-hybridized carbons (Fsp3) is 0.455. The molecule has 0 aliphatic heterocycles. The second kappa shape index (κ2) is 5.46. The Kier molecular flexibility index (Phi) is 3.96. The van der Waals surface area contributed by atoms with Crippen molar-refractivity contribution in [2.75, 3.05) is 11.9 Å². The lowest BCUT2D eigenvalue weighted by atomic mass is 10.2. The number of pyridine rings is 1. The van der Waals surface area contributed by atoms with Gasteiger partial charge < -0.3 is 10.4 Å². The summed E-state index contributed by atoms with van der Waals surface area (Å²) in [6.07, 6.45) is 3.24. The van der Waals surface area contributed by atoms with E-state index in [-0.39, 0.29) is 6.10 Å². The number of hydrogen-bond donors (Lipinski definition) is 2. The maximum atomic E-state index is 9.60. The Labute approximate surface area is 108 Å². The zero-order valence-electron chi connectivity index (χ0n) is 9.60. The van der Waals surface area contributed by atoms with E-state index in [2.05, 4.69) is 31.3 Å². The quantitative estimate of drug-likeness (QED) is 0.887. The van der Waals surface area contributed by atoms with E-state index in [1.807, 2.05) is 25.3 Å². The Morgan fingerprint density at radius 2 is 2.35 bits per heavy atom. The van der Waals surface area contributed by atoms with Gasteiger partial charge in [0, 0.05) is 17.2 Å². The Hall–Kier alpha value is -1.14. The molecule has 17 heavy (non-hydrogen) atoms. The number of anilines is 1. The van der Waals surface area contributed by atoms with Crippen LogP contribution in [0.3, 0.4) is 0 Å². The number of hydrogen-bond acceptors (Lipinski definition) is 4. The molecule has 0 amide bonds. The molecule has 0 radical (unpaired) electrons. The highest BCUT2D eigenvalue weighted by Gasteiger charge is 2.06. The van der Waals surface area contributed by atoms with Gasteiger partial charge in [-0.3, -0.25) is 0 Å². The van der Waals surface area contributed by atoms with Crippen molar-refractivity contribution in [3.8, 4) is 0 Å². The number of aliphatic hydroxyl groups excluding tert-OH is 1. The Bertz CT molecular complexity index is 499. The minimum absolute atomic E-state index is 0.349. The van der Waals surface area contributed by atoms with Crippen molar-refractivity contribution in [1.29, 1.82) is 0 Å². The van der Waals surface area contributed by atoms with E-state index < -0.39 is 0 Å². The van der Waals surface area contributed by atoms with Crippen LogP contribution < -0.4 is 5.32 Å². The summed E-state index contributed by atoms with van der Waals surface area (Å²) in [7, 11) is 0. The van der Waals surface area contributed by atoms with Gasteiger partial charge in [-0.05, 0) is 34.5 Å². The molecule has 0 aliphatic carbocycles. The minimum atomic E-state index is -0.349. The largest absolute Gasteiger partial charge is 0.391 e. The normalized spacial score (nSPS) is 12.9. The van der Waals surface area contributed by atoms with Gasteiger partial charge in [-0.25, -0.2) is 4.52 Å². The SMILES string of the molecule is CCCC(O)CNc1nc2ccc(Br)cn2n1. The summed E-state index contributed by atoms with van der Waals surface area (Å²) in [6.45, 7) is 2.52. The van der Waals surface area contributed by atoms with Gasteiger partial charge in [0.25, 0.3) is 0 Å². The third kappa shape index (κ3) is 3.17. The minimum Gasteiger partial charge on any atom is -0.391 e. The van der Waals surface area contributed by atoms with E-state index in [4.69, 9.17) is 0 Å². The van der Waals surface area contributed by atoms with Gasteiger partial charge in [0.05, 0.1) is 6.10 Å². The summed E-state index contributed by atoms with van der Waals surface area (Å²) < 4.78 is 2.64. The van der Waals surface area contributed by atoms with Crippen molar-refractivity contribution >= 4 is 27.5 Å². The second-order valence-corrected chi connectivity index (χ2v) is 4.82. The van der Waals surface area contributed by atoms with Crippen molar-refractivity contribution in [1.82, 2.24) is 14.6 Å². The van der Waals surface area contributed by atoms with E-state index in [9.17, 15) is 5.11 Å². The first-order valence-corrected chi connectivity index (χ1v) is 6.42. The Morgan fingerprint density at radius 1 is 1.53 bits per heavy atom. The molecule has 0 saturated heterocycles. The lowest BCUT2D eigenvalue weighted by Crippen LogP contribution is -2.19. The molecule has 0 spiro atoms. The number of nitrogens with zero attached hydrogens (tertiary/aromatic N) is 3. The maximum absolute atomic E-state index is 9.60. The number of fused-ring (bicyclic) bond motifs is 1. The first-order valence-electron chi connectivity index (χ1n) is 5.63. The van der Waals surface area contributed by atoms with E-state index >= 15 is 0 Å². The summed E-state index contributed by atoms with van der Waals surface area (Å²) in [4.78, 5) is 4.29. The lowest BCUT2D eigenvalue weighted by Gasteiger charge is -2.08. The first kappa shape index (κ1) is 12.3. The van der Waals surface area contributed by atoms with Crippen LogP contribution >= 0.6 is 15.9 Å². The van der Waals surface area contributed by atoms with Crippen LogP contribution in [-0.4, -0.2) is 32.4 Å². The first-order chi connectivity index (χ1) is 8.19. The molecule has 2 heterocycles. The third-order valence-electron chi connectivity index (χ3n) is 2.41. The average Bonchev–Trinajstić information content (AvgIpc) is 2.68. The van der Waals surface area contributed by atoms with Gasteiger partial charge in [0.15, 0.2) is 5.65 Å². The molecular formula is C11H15BrN4O. The van der Waals surface area contributed by atoms with Crippen LogP contribution in [0.2, 0.25) is 0 Å². The van der Waals surface area contributed by atoms with Gasteiger partial charge in [0.2, 0.25) is 5.95 Å². The highest BCUT2D eigenvalue weighted by atomic mass is 79.9. The molecule has 5 nitrogen and oxygen atoms in total. The van der Waals surface area contributed by atoms with E-state index in [1.54, 1.807) is 4.52 Å². The topological polar surface area (TPSA) is 62.5 Å². The summed E-state index contributed by atoms with van der Waals surface area (Å²) in [5.74, 6) is 0.540. The zero-order chi connectivity index (χ0) is 12.3. The number of halogens is 1. The summed E-state index contributed by atoms with van der Waals surface area (Å²) >= 11 is 3.38. The van der Waals surface area contributed by atoms with Crippen LogP contribution in [0.15, 0.2) is 22.8 Å². The van der Waals surface area contributed by atoms with Crippen LogP contribution in [0.25, 0.3) is 5.65 Å². The van der Waals surface area contributed by atoms with Gasteiger partial charge in [-0.2, -0.15) is 4.98 Å². The summed E-state index contributed by atoms with van der Waals surface area (Å²) in [5, 5.41) is 16.9. The number of rotatable bonds is 5. The number of nitrogens with one attached hydrogen (secondary N) is 1. The standard InChI is InChI=1S/C11H15BrN4O/c1-2-3-9(17)6-13-11-14-10-5-4-8(12)7-16(10)15-11/h4-5,7,9,17H,2-3,6H2,1H3,(H,13,15). The summed E-state index contributed by atoms with van der Waals surface area (Å²) in [6, 6.07) is 3.80. The fourth-order valence-corrected chi connectivity index (χ4v) is 1.90. The maximum Gasteiger partial charge on any atom is 0.243 e. The van der Waals surface area contributed by atoms with Crippen molar-refractivity contribution in [2.45, 2.75) is 25.9 Å². The molecular weight excluding hydrogens is 284 g/mol.